The quantitative estimate of drug-likeness (QED) is 0.502. The molecule has 0 saturated heterocycles. The predicted molar refractivity (Wildman–Crippen MR) is 106 cm³/mol. The summed E-state index contributed by atoms with van der Waals surface area (Å²) < 4.78 is 0. The zero-order chi connectivity index (χ0) is 17.1. The van der Waals surface area contributed by atoms with E-state index >= 15 is 0 Å². The third-order valence-electron chi connectivity index (χ3n) is 4.17. The molecule has 0 aliphatic rings. The molecule has 1 heterocycles. The van der Waals surface area contributed by atoms with Gasteiger partial charge >= 0.3 is 0 Å². The molecule has 1 amide bonds. The minimum absolute atomic E-state index is 0.000660. The van der Waals surface area contributed by atoms with Crippen molar-refractivity contribution >= 4 is 33.7 Å². The minimum Gasteiger partial charge on any atom is -0.325 e. The Balaban J connectivity index is 1.54. The highest BCUT2D eigenvalue weighted by Gasteiger charge is 2.10. The number of para-hydroxylation sites is 1. The zero-order valence-corrected chi connectivity index (χ0v) is 14.4. The van der Waals surface area contributed by atoms with Gasteiger partial charge in [0.1, 0.15) is 0 Å². The Morgan fingerprint density at radius 2 is 1.64 bits per heavy atom. The summed E-state index contributed by atoms with van der Waals surface area (Å²) in [6.07, 6.45) is 0.365. The molecule has 0 spiro atoms. The number of nitrogens with one attached hydrogen (secondary N) is 1. The van der Waals surface area contributed by atoms with Gasteiger partial charge in [-0.15, -0.1) is 11.3 Å². The summed E-state index contributed by atoms with van der Waals surface area (Å²) in [5, 5.41) is 7.46. The van der Waals surface area contributed by atoms with E-state index < -0.39 is 0 Å². The second-order valence-electron chi connectivity index (χ2n) is 5.93. The molecule has 0 bridgehead atoms. The molecule has 25 heavy (non-hydrogen) atoms. The maximum atomic E-state index is 12.5. The van der Waals surface area contributed by atoms with E-state index in [1.807, 2.05) is 53.9 Å². The van der Waals surface area contributed by atoms with E-state index in [4.69, 9.17) is 0 Å². The van der Waals surface area contributed by atoms with Crippen molar-refractivity contribution in [2.75, 3.05) is 5.32 Å². The van der Waals surface area contributed by atoms with Crippen molar-refractivity contribution in [3.8, 4) is 10.4 Å². The first kappa shape index (κ1) is 15.6. The predicted octanol–water partition coefficient (Wildman–Crippen LogP) is 5.75. The Kier molecular flexibility index (Phi) is 4.32. The molecule has 122 valence electrons. The molecule has 3 heteroatoms. The number of carbonyl (C=O) groups excluding carboxylic acids is 1. The Hall–Kier alpha value is -2.91. The number of carbonyl (C=O) groups is 1. The average molecular weight is 343 g/mol. The van der Waals surface area contributed by atoms with E-state index in [1.165, 1.54) is 5.39 Å². The molecular formula is C22H17NOS. The molecule has 3 aromatic carbocycles. The van der Waals surface area contributed by atoms with Crippen molar-refractivity contribution < 1.29 is 4.79 Å². The van der Waals surface area contributed by atoms with Crippen LogP contribution in [0.15, 0.2) is 84.2 Å². The van der Waals surface area contributed by atoms with Crippen molar-refractivity contribution in [2.45, 2.75) is 6.42 Å². The smallest absolute Gasteiger partial charge is 0.228 e. The Labute approximate surface area is 150 Å². The van der Waals surface area contributed by atoms with E-state index in [1.54, 1.807) is 11.3 Å². The number of hydrogen-bond donors (Lipinski definition) is 1. The molecule has 1 N–H and O–H groups in total. The molecule has 4 rings (SSSR count). The summed E-state index contributed by atoms with van der Waals surface area (Å²) in [5.41, 5.74) is 2.94. The Bertz CT molecular complexity index is 1020. The number of benzene rings is 3. The summed E-state index contributed by atoms with van der Waals surface area (Å²) >= 11 is 1.67. The number of anilines is 1. The van der Waals surface area contributed by atoms with Crippen LogP contribution in [0, 0.1) is 0 Å². The van der Waals surface area contributed by atoms with Gasteiger partial charge < -0.3 is 5.32 Å². The van der Waals surface area contributed by atoms with E-state index in [9.17, 15) is 4.79 Å². The van der Waals surface area contributed by atoms with Gasteiger partial charge in [-0.25, -0.2) is 0 Å². The summed E-state index contributed by atoms with van der Waals surface area (Å²) in [6, 6.07) is 26.4. The molecule has 2 nitrogen and oxygen atoms in total. The van der Waals surface area contributed by atoms with Crippen LogP contribution in [0.3, 0.4) is 0 Å². The van der Waals surface area contributed by atoms with Gasteiger partial charge in [0.05, 0.1) is 6.42 Å². The van der Waals surface area contributed by atoms with Gasteiger partial charge in [-0.3, -0.25) is 4.79 Å². The SMILES string of the molecule is O=C(Cc1ccc2ccccc2c1)Nc1ccccc1-c1cccs1. The molecule has 0 radical (unpaired) electrons. The Morgan fingerprint density at radius 1 is 0.840 bits per heavy atom. The zero-order valence-electron chi connectivity index (χ0n) is 13.6. The van der Waals surface area contributed by atoms with Crippen LogP contribution < -0.4 is 5.32 Å². The molecule has 0 aliphatic carbocycles. The first-order valence-corrected chi connectivity index (χ1v) is 9.08. The number of hydrogen-bond acceptors (Lipinski definition) is 2. The molecule has 1 aromatic heterocycles. The second-order valence-corrected chi connectivity index (χ2v) is 6.88. The lowest BCUT2D eigenvalue weighted by Crippen LogP contribution is -2.14. The van der Waals surface area contributed by atoms with E-state index in [-0.39, 0.29) is 5.91 Å². The van der Waals surface area contributed by atoms with Crippen LogP contribution in [0.25, 0.3) is 21.2 Å². The number of amides is 1. The fourth-order valence-electron chi connectivity index (χ4n) is 2.97. The molecular weight excluding hydrogens is 326 g/mol. The van der Waals surface area contributed by atoms with Crippen molar-refractivity contribution in [3.63, 3.8) is 0 Å². The first-order valence-electron chi connectivity index (χ1n) is 8.20. The highest BCUT2D eigenvalue weighted by molar-refractivity contribution is 7.13. The molecule has 0 fully saturated rings. The van der Waals surface area contributed by atoms with Crippen LogP contribution >= 0.6 is 11.3 Å². The van der Waals surface area contributed by atoms with Gasteiger partial charge in [-0.05, 0) is 33.8 Å². The number of fused-ring (bicyclic) bond motifs is 1. The number of thiophene rings is 1. The molecule has 0 aliphatic heterocycles. The van der Waals surface area contributed by atoms with Crippen LogP contribution in [0.4, 0.5) is 5.69 Å². The normalized spacial score (nSPS) is 10.7. The van der Waals surface area contributed by atoms with Crippen LogP contribution in [0.5, 0.6) is 0 Å². The van der Waals surface area contributed by atoms with Crippen LogP contribution in [-0.4, -0.2) is 5.91 Å². The lowest BCUT2D eigenvalue weighted by Gasteiger charge is -2.10. The summed E-state index contributed by atoms with van der Waals surface area (Å²) in [6.45, 7) is 0. The standard InChI is InChI=1S/C22H17NOS/c24-22(15-16-11-12-17-6-1-2-7-18(17)14-16)23-20-9-4-3-8-19(20)21-10-5-13-25-21/h1-14H,15H2,(H,23,24). The highest BCUT2D eigenvalue weighted by Crippen LogP contribution is 2.31. The highest BCUT2D eigenvalue weighted by atomic mass is 32.1. The average Bonchev–Trinajstić information content (AvgIpc) is 3.16. The molecule has 0 saturated carbocycles. The van der Waals surface area contributed by atoms with E-state index in [0.29, 0.717) is 6.42 Å². The van der Waals surface area contributed by atoms with Gasteiger partial charge in [-0.1, -0.05) is 66.7 Å². The second kappa shape index (κ2) is 6.91. The maximum absolute atomic E-state index is 12.5. The van der Waals surface area contributed by atoms with Gasteiger partial charge in [0.25, 0.3) is 0 Å². The van der Waals surface area contributed by atoms with Crippen molar-refractivity contribution in [2.24, 2.45) is 0 Å². The van der Waals surface area contributed by atoms with Crippen molar-refractivity contribution in [1.82, 2.24) is 0 Å². The fraction of sp³-hybridized carbons (Fsp3) is 0.0455. The van der Waals surface area contributed by atoms with Crippen LogP contribution in [0.2, 0.25) is 0 Å². The Morgan fingerprint density at radius 3 is 2.48 bits per heavy atom. The van der Waals surface area contributed by atoms with E-state index in [2.05, 4.69) is 35.6 Å². The fourth-order valence-corrected chi connectivity index (χ4v) is 3.73. The van der Waals surface area contributed by atoms with Gasteiger partial charge in [-0.2, -0.15) is 0 Å². The van der Waals surface area contributed by atoms with Gasteiger partial charge in [0.15, 0.2) is 0 Å². The molecule has 4 aromatic rings. The van der Waals surface area contributed by atoms with Crippen LogP contribution in [0.1, 0.15) is 5.56 Å². The third-order valence-corrected chi connectivity index (χ3v) is 5.07. The maximum Gasteiger partial charge on any atom is 0.228 e. The van der Waals surface area contributed by atoms with Crippen molar-refractivity contribution in [3.05, 3.63) is 89.8 Å². The molecule has 0 atom stereocenters. The topological polar surface area (TPSA) is 29.1 Å². The lowest BCUT2D eigenvalue weighted by atomic mass is 10.0. The molecule has 0 unspecified atom stereocenters. The summed E-state index contributed by atoms with van der Waals surface area (Å²) in [5.74, 6) is -0.000660. The van der Waals surface area contributed by atoms with E-state index in [0.717, 1.165) is 27.1 Å². The lowest BCUT2D eigenvalue weighted by molar-refractivity contribution is -0.115. The van der Waals surface area contributed by atoms with Gasteiger partial charge in [0.2, 0.25) is 5.91 Å². The first-order chi connectivity index (χ1) is 12.3. The third kappa shape index (κ3) is 3.47. The van der Waals surface area contributed by atoms with Crippen LogP contribution in [-0.2, 0) is 11.2 Å². The number of rotatable bonds is 4. The van der Waals surface area contributed by atoms with Crippen molar-refractivity contribution in [1.29, 1.82) is 0 Å². The summed E-state index contributed by atoms with van der Waals surface area (Å²) in [7, 11) is 0. The largest absolute Gasteiger partial charge is 0.325 e. The summed E-state index contributed by atoms with van der Waals surface area (Å²) in [4.78, 5) is 13.7. The monoisotopic (exact) mass is 343 g/mol. The minimum atomic E-state index is -0.000660. The van der Waals surface area contributed by atoms with Gasteiger partial charge in [0, 0.05) is 16.1 Å².